The van der Waals surface area contributed by atoms with Gasteiger partial charge in [0, 0.05) is 44.6 Å². The van der Waals surface area contributed by atoms with Crippen molar-refractivity contribution in [3.63, 3.8) is 0 Å². The van der Waals surface area contributed by atoms with Gasteiger partial charge in [0.2, 0.25) is 5.91 Å². The van der Waals surface area contributed by atoms with Crippen LogP contribution in [0.5, 0.6) is 0 Å². The molecule has 1 saturated heterocycles. The lowest BCUT2D eigenvalue weighted by atomic mass is 10.3. The summed E-state index contributed by atoms with van der Waals surface area (Å²) in [6.07, 6.45) is 7.38. The first-order valence-electron chi connectivity index (χ1n) is 10.1. The fourth-order valence-corrected chi connectivity index (χ4v) is 3.43. The molecular formula is C21H27IN8O. The first kappa shape index (κ1) is 22.8. The van der Waals surface area contributed by atoms with Crippen LogP contribution in [0, 0.1) is 0 Å². The summed E-state index contributed by atoms with van der Waals surface area (Å²) in [6.45, 7) is 4.84. The van der Waals surface area contributed by atoms with Gasteiger partial charge in [-0.05, 0) is 19.1 Å². The lowest BCUT2D eigenvalue weighted by molar-refractivity contribution is -0.120. The van der Waals surface area contributed by atoms with Crippen molar-refractivity contribution in [2.75, 3.05) is 31.1 Å². The number of aryl methyl sites for hydroxylation is 1. The number of aliphatic imine (C=N–C) groups is 1. The summed E-state index contributed by atoms with van der Waals surface area (Å²) in [5, 5.41) is 11.9. The van der Waals surface area contributed by atoms with Gasteiger partial charge in [0.15, 0.2) is 5.96 Å². The van der Waals surface area contributed by atoms with Gasteiger partial charge in [0.1, 0.15) is 6.54 Å². The zero-order valence-corrected chi connectivity index (χ0v) is 20.0. The predicted molar refractivity (Wildman–Crippen MR) is 131 cm³/mol. The summed E-state index contributed by atoms with van der Waals surface area (Å²) in [4.78, 5) is 21.2. The molecule has 0 saturated carbocycles. The van der Waals surface area contributed by atoms with Gasteiger partial charge in [-0.25, -0.2) is 9.67 Å². The summed E-state index contributed by atoms with van der Waals surface area (Å²) >= 11 is 0. The third kappa shape index (κ3) is 5.43. The fourth-order valence-electron chi connectivity index (χ4n) is 3.43. The van der Waals surface area contributed by atoms with Crippen molar-refractivity contribution in [2.24, 2.45) is 12.0 Å². The number of carbonyl (C=O) groups is 1. The van der Waals surface area contributed by atoms with Gasteiger partial charge >= 0.3 is 0 Å². The van der Waals surface area contributed by atoms with Crippen LogP contribution in [0.2, 0.25) is 0 Å². The minimum Gasteiger partial charge on any atom is -0.356 e. The summed E-state index contributed by atoms with van der Waals surface area (Å²) in [5.41, 5.74) is 2.85. The van der Waals surface area contributed by atoms with Crippen LogP contribution in [0.1, 0.15) is 12.5 Å². The van der Waals surface area contributed by atoms with E-state index in [2.05, 4.69) is 15.5 Å². The first-order chi connectivity index (χ1) is 14.6. The van der Waals surface area contributed by atoms with Crippen LogP contribution in [-0.4, -0.2) is 62.5 Å². The number of aromatic nitrogens is 4. The van der Waals surface area contributed by atoms with Gasteiger partial charge in [0.25, 0.3) is 0 Å². The summed E-state index contributed by atoms with van der Waals surface area (Å²) in [7, 11) is 1.85. The number of piperazine rings is 1. The molecule has 3 aromatic rings. The Kier molecular flexibility index (Phi) is 7.66. The second-order valence-electron chi connectivity index (χ2n) is 7.14. The van der Waals surface area contributed by atoms with Gasteiger partial charge < -0.3 is 15.1 Å². The molecule has 4 rings (SSSR count). The first-order valence-corrected chi connectivity index (χ1v) is 10.1. The molecule has 0 atom stereocenters. The van der Waals surface area contributed by atoms with Gasteiger partial charge in [-0.3, -0.25) is 9.48 Å². The Morgan fingerprint density at radius 2 is 1.90 bits per heavy atom. The quantitative estimate of drug-likeness (QED) is 0.308. The van der Waals surface area contributed by atoms with E-state index >= 15 is 0 Å². The lowest BCUT2D eigenvalue weighted by Crippen LogP contribution is -2.55. The Morgan fingerprint density at radius 1 is 1.10 bits per heavy atom. The number of amides is 1. The van der Waals surface area contributed by atoms with Gasteiger partial charge in [0.05, 0.1) is 30.3 Å². The molecule has 2 aromatic heterocycles. The Balaban J connectivity index is 0.00000272. The van der Waals surface area contributed by atoms with Crippen LogP contribution in [0.25, 0.3) is 5.69 Å². The van der Waals surface area contributed by atoms with E-state index in [-0.39, 0.29) is 36.4 Å². The standard InChI is InChI=1S/C21H26N8O.HI/c1-3-22-21(23-11-17-12-25-29(14-17)18-7-5-4-6-8-18)27-9-10-28(20(30)16-27)19-13-24-26(2)15-19;/h4-8,12-15H,3,9-11,16H2,1-2H3,(H,22,23);1H. The fraction of sp³-hybridized carbons (Fsp3) is 0.333. The number of halogens is 1. The Bertz CT molecular complexity index is 1030. The van der Waals surface area contributed by atoms with Crippen LogP contribution in [-0.2, 0) is 18.4 Å². The third-order valence-corrected chi connectivity index (χ3v) is 4.93. The Labute approximate surface area is 198 Å². The van der Waals surface area contributed by atoms with Crippen LogP contribution in [0.4, 0.5) is 5.69 Å². The molecule has 1 aliphatic rings. The number of rotatable bonds is 5. The summed E-state index contributed by atoms with van der Waals surface area (Å²) < 4.78 is 3.55. The number of anilines is 1. The SMILES string of the molecule is CCNC(=NCc1cnn(-c2ccccc2)c1)N1CCN(c2cnn(C)c2)C(=O)C1.I. The predicted octanol–water partition coefficient (Wildman–Crippen LogP) is 2.04. The molecule has 31 heavy (non-hydrogen) atoms. The van der Waals surface area contributed by atoms with Crippen molar-refractivity contribution in [3.8, 4) is 5.69 Å². The van der Waals surface area contributed by atoms with Crippen LogP contribution < -0.4 is 10.2 Å². The average molecular weight is 534 g/mol. The highest BCUT2D eigenvalue weighted by atomic mass is 127. The minimum atomic E-state index is 0. The Morgan fingerprint density at radius 3 is 2.58 bits per heavy atom. The van der Waals surface area contributed by atoms with E-state index in [0.717, 1.165) is 29.4 Å². The van der Waals surface area contributed by atoms with Crippen LogP contribution in [0.3, 0.4) is 0 Å². The zero-order valence-electron chi connectivity index (χ0n) is 17.7. The number of para-hydroxylation sites is 1. The highest BCUT2D eigenvalue weighted by Crippen LogP contribution is 2.16. The van der Waals surface area contributed by atoms with Crippen molar-refractivity contribution in [1.82, 2.24) is 29.8 Å². The average Bonchev–Trinajstić information content (AvgIpc) is 3.41. The van der Waals surface area contributed by atoms with Crippen molar-refractivity contribution >= 4 is 41.5 Å². The van der Waals surface area contributed by atoms with Crippen LogP contribution >= 0.6 is 24.0 Å². The van der Waals surface area contributed by atoms with Crippen molar-refractivity contribution in [1.29, 1.82) is 0 Å². The number of carbonyl (C=O) groups excluding carboxylic acids is 1. The monoisotopic (exact) mass is 534 g/mol. The van der Waals surface area contributed by atoms with Crippen molar-refractivity contribution in [3.05, 3.63) is 60.7 Å². The molecule has 0 bridgehead atoms. The minimum absolute atomic E-state index is 0. The molecule has 1 aromatic carbocycles. The summed E-state index contributed by atoms with van der Waals surface area (Å²) in [5.74, 6) is 0.779. The molecule has 9 nitrogen and oxygen atoms in total. The smallest absolute Gasteiger partial charge is 0.246 e. The molecule has 0 spiro atoms. The van der Waals surface area contributed by atoms with E-state index in [1.165, 1.54) is 0 Å². The highest BCUT2D eigenvalue weighted by molar-refractivity contribution is 14.0. The molecule has 0 unspecified atom stereocenters. The van der Waals surface area contributed by atoms with Gasteiger partial charge in [-0.15, -0.1) is 24.0 Å². The van der Waals surface area contributed by atoms with Crippen molar-refractivity contribution < 1.29 is 4.79 Å². The van der Waals surface area contributed by atoms with Crippen LogP contribution in [0.15, 0.2) is 60.1 Å². The zero-order chi connectivity index (χ0) is 20.9. The number of nitrogens with one attached hydrogen (secondary N) is 1. The molecule has 3 heterocycles. The van der Waals surface area contributed by atoms with E-state index < -0.39 is 0 Å². The van der Waals surface area contributed by atoms with E-state index in [4.69, 9.17) is 4.99 Å². The second kappa shape index (κ2) is 10.4. The molecule has 1 fully saturated rings. The van der Waals surface area contributed by atoms with E-state index in [0.29, 0.717) is 19.6 Å². The third-order valence-electron chi connectivity index (χ3n) is 4.93. The Hall–Kier alpha value is -2.89. The number of hydrogen-bond acceptors (Lipinski definition) is 4. The topological polar surface area (TPSA) is 83.6 Å². The molecule has 10 heteroatoms. The largest absolute Gasteiger partial charge is 0.356 e. The molecule has 0 aliphatic carbocycles. The molecule has 1 aliphatic heterocycles. The second-order valence-corrected chi connectivity index (χ2v) is 7.14. The lowest BCUT2D eigenvalue weighted by Gasteiger charge is -2.35. The van der Waals surface area contributed by atoms with E-state index in [9.17, 15) is 4.79 Å². The van der Waals surface area contributed by atoms with E-state index in [1.807, 2.05) is 72.5 Å². The maximum atomic E-state index is 12.7. The molecule has 1 amide bonds. The molecule has 0 radical (unpaired) electrons. The molecule has 164 valence electrons. The number of benzene rings is 1. The van der Waals surface area contributed by atoms with Crippen molar-refractivity contribution in [2.45, 2.75) is 13.5 Å². The van der Waals surface area contributed by atoms with E-state index in [1.54, 1.807) is 15.8 Å². The summed E-state index contributed by atoms with van der Waals surface area (Å²) in [6, 6.07) is 9.98. The number of guanidine groups is 1. The highest BCUT2D eigenvalue weighted by Gasteiger charge is 2.27. The maximum Gasteiger partial charge on any atom is 0.246 e. The normalized spacial score (nSPS) is 14.5. The number of hydrogen-bond donors (Lipinski definition) is 1. The molecular weight excluding hydrogens is 507 g/mol. The molecule has 1 N–H and O–H groups in total. The number of nitrogens with zero attached hydrogens (tertiary/aromatic N) is 7. The maximum absolute atomic E-state index is 12.7. The van der Waals surface area contributed by atoms with Gasteiger partial charge in [-0.1, -0.05) is 18.2 Å². The van der Waals surface area contributed by atoms with Gasteiger partial charge in [-0.2, -0.15) is 10.2 Å².